The van der Waals surface area contributed by atoms with Crippen molar-refractivity contribution in [3.63, 3.8) is 0 Å². The van der Waals surface area contributed by atoms with Crippen molar-refractivity contribution in [1.29, 1.82) is 0 Å². The SMILES string of the molecule is CC(C)c1cc(Br)cc(C(C)C)c1-n1nc(-c2ccccc2Br)nc1-c1ccccc1. The van der Waals surface area contributed by atoms with E-state index in [1.807, 2.05) is 47.1 Å². The summed E-state index contributed by atoms with van der Waals surface area (Å²) in [5, 5.41) is 5.06. The van der Waals surface area contributed by atoms with Crippen molar-refractivity contribution in [2.45, 2.75) is 39.5 Å². The van der Waals surface area contributed by atoms with E-state index < -0.39 is 0 Å². The third kappa shape index (κ3) is 4.39. The second-order valence-corrected chi connectivity index (χ2v) is 10.0. The average molecular weight is 539 g/mol. The number of aromatic nitrogens is 3. The van der Waals surface area contributed by atoms with Gasteiger partial charge in [-0.15, -0.1) is 5.10 Å². The van der Waals surface area contributed by atoms with Crippen LogP contribution >= 0.6 is 31.9 Å². The largest absolute Gasteiger partial charge is 0.212 e. The van der Waals surface area contributed by atoms with Gasteiger partial charge in [-0.2, -0.15) is 0 Å². The molecule has 31 heavy (non-hydrogen) atoms. The average Bonchev–Trinajstić information content (AvgIpc) is 3.18. The first-order valence-corrected chi connectivity index (χ1v) is 12.1. The first kappa shape index (κ1) is 22.0. The minimum Gasteiger partial charge on any atom is -0.212 e. The maximum atomic E-state index is 5.06. The summed E-state index contributed by atoms with van der Waals surface area (Å²) in [6.07, 6.45) is 0. The fraction of sp³-hybridized carbons (Fsp3) is 0.231. The molecule has 0 saturated heterocycles. The molecule has 4 rings (SSSR count). The maximum Gasteiger partial charge on any atom is 0.183 e. The number of benzene rings is 3. The molecule has 0 atom stereocenters. The van der Waals surface area contributed by atoms with E-state index in [0.717, 1.165) is 31.6 Å². The second kappa shape index (κ2) is 9.09. The number of hydrogen-bond acceptors (Lipinski definition) is 2. The molecule has 0 radical (unpaired) electrons. The summed E-state index contributed by atoms with van der Waals surface area (Å²) >= 11 is 7.39. The maximum absolute atomic E-state index is 5.06. The van der Waals surface area contributed by atoms with Crippen molar-refractivity contribution in [3.05, 3.63) is 86.8 Å². The topological polar surface area (TPSA) is 30.7 Å². The van der Waals surface area contributed by atoms with E-state index in [9.17, 15) is 0 Å². The van der Waals surface area contributed by atoms with Gasteiger partial charge in [0.25, 0.3) is 0 Å². The zero-order valence-electron chi connectivity index (χ0n) is 18.1. The lowest BCUT2D eigenvalue weighted by molar-refractivity contribution is 0.773. The summed E-state index contributed by atoms with van der Waals surface area (Å²) in [6, 6.07) is 22.8. The molecular formula is C26H25Br2N3. The molecule has 0 N–H and O–H groups in total. The second-order valence-electron chi connectivity index (χ2n) is 8.26. The van der Waals surface area contributed by atoms with E-state index in [1.54, 1.807) is 0 Å². The van der Waals surface area contributed by atoms with E-state index in [4.69, 9.17) is 10.1 Å². The fourth-order valence-electron chi connectivity index (χ4n) is 3.77. The molecule has 0 saturated carbocycles. The van der Waals surface area contributed by atoms with Gasteiger partial charge in [0.1, 0.15) is 0 Å². The van der Waals surface area contributed by atoms with Gasteiger partial charge in [-0.05, 0) is 47.2 Å². The molecular weight excluding hydrogens is 514 g/mol. The Hall–Kier alpha value is -2.24. The highest BCUT2D eigenvalue weighted by Crippen LogP contribution is 2.37. The predicted molar refractivity (Wildman–Crippen MR) is 136 cm³/mol. The molecule has 0 bridgehead atoms. The molecule has 0 aliphatic heterocycles. The number of halogens is 2. The molecule has 1 heterocycles. The van der Waals surface area contributed by atoms with Crippen LogP contribution in [0.4, 0.5) is 0 Å². The molecule has 0 fully saturated rings. The Morgan fingerprint density at radius 3 is 1.94 bits per heavy atom. The minimum absolute atomic E-state index is 0.338. The van der Waals surface area contributed by atoms with Crippen LogP contribution in [0.1, 0.15) is 50.7 Å². The first-order valence-electron chi connectivity index (χ1n) is 10.5. The molecule has 0 aliphatic carbocycles. The van der Waals surface area contributed by atoms with Crippen molar-refractivity contribution in [3.8, 4) is 28.5 Å². The van der Waals surface area contributed by atoms with Crippen molar-refractivity contribution >= 4 is 31.9 Å². The van der Waals surface area contributed by atoms with Gasteiger partial charge in [0.15, 0.2) is 11.6 Å². The summed E-state index contributed by atoms with van der Waals surface area (Å²) in [7, 11) is 0. The highest BCUT2D eigenvalue weighted by atomic mass is 79.9. The summed E-state index contributed by atoms with van der Waals surface area (Å²) in [5.41, 5.74) is 5.64. The zero-order valence-corrected chi connectivity index (χ0v) is 21.3. The fourth-order valence-corrected chi connectivity index (χ4v) is 4.72. The van der Waals surface area contributed by atoms with Gasteiger partial charge in [-0.25, -0.2) is 9.67 Å². The van der Waals surface area contributed by atoms with Crippen LogP contribution in [0.25, 0.3) is 28.5 Å². The monoisotopic (exact) mass is 537 g/mol. The highest BCUT2D eigenvalue weighted by Gasteiger charge is 2.23. The van der Waals surface area contributed by atoms with Gasteiger partial charge in [-0.1, -0.05) is 102 Å². The minimum atomic E-state index is 0.338. The van der Waals surface area contributed by atoms with Crippen LogP contribution in [-0.2, 0) is 0 Å². The molecule has 3 aromatic carbocycles. The van der Waals surface area contributed by atoms with Crippen molar-refractivity contribution in [1.82, 2.24) is 14.8 Å². The first-order chi connectivity index (χ1) is 14.9. The van der Waals surface area contributed by atoms with Crippen LogP contribution in [0, 0.1) is 0 Å². The van der Waals surface area contributed by atoms with E-state index in [-0.39, 0.29) is 0 Å². The molecule has 158 valence electrons. The van der Waals surface area contributed by atoms with Crippen LogP contribution in [0.5, 0.6) is 0 Å². The Kier molecular flexibility index (Phi) is 6.44. The summed E-state index contributed by atoms with van der Waals surface area (Å²) in [5.74, 6) is 2.23. The molecule has 0 aliphatic rings. The lowest BCUT2D eigenvalue weighted by Crippen LogP contribution is -2.10. The van der Waals surface area contributed by atoms with E-state index in [1.165, 1.54) is 11.1 Å². The molecule has 0 amide bonds. The van der Waals surface area contributed by atoms with Crippen molar-refractivity contribution in [2.24, 2.45) is 0 Å². The molecule has 3 nitrogen and oxygen atoms in total. The summed E-state index contributed by atoms with van der Waals surface area (Å²) in [4.78, 5) is 5.02. The van der Waals surface area contributed by atoms with Gasteiger partial charge < -0.3 is 0 Å². The smallest absolute Gasteiger partial charge is 0.183 e. The third-order valence-electron chi connectivity index (χ3n) is 5.34. The Labute approximate surface area is 200 Å². The molecule has 1 aromatic heterocycles. The van der Waals surface area contributed by atoms with Gasteiger partial charge in [0.05, 0.1) is 5.69 Å². The van der Waals surface area contributed by atoms with Gasteiger partial charge in [-0.3, -0.25) is 0 Å². The Morgan fingerprint density at radius 1 is 0.774 bits per heavy atom. The lowest BCUT2D eigenvalue weighted by atomic mass is 9.92. The Morgan fingerprint density at radius 2 is 1.35 bits per heavy atom. The number of rotatable bonds is 5. The summed E-state index contributed by atoms with van der Waals surface area (Å²) < 4.78 is 4.12. The molecule has 5 heteroatoms. The predicted octanol–water partition coefficient (Wildman–Crippen LogP) is 8.37. The lowest BCUT2D eigenvalue weighted by Gasteiger charge is -2.21. The van der Waals surface area contributed by atoms with Crippen LogP contribution in [0.3, 0.4) is 0 Å². The van der Waals surface area contributed by atoms with E-state index >= 15 is 0 Å². The van der Waals surface area contributed by atoms with Crippen molar-refractivity contribution < 1.29 is 0 Å². The zero-order chi connectivity index (χ0) is 22.1. The number of hydrogen-bond donors (Lipinski definition) is 0. The van der Waals surface area contributed by atoms with Gasteiger partial charge in [0, 0.05) is 20.1 Å². The molecule has 0 unspecified atom stereocenters. The summed E-state index contributed by atoms with van der Waals surface area (Å²) in [6.45, 7) is 8.90. The Balaban J connectivity index is 2.07. The molecule has 0 spiro atoms. The standard InChI is InChI=1S/C26H25Br2N3/c1-16(2)21-14-19(27)15-22(17(3)4)24(21)31-26(18-10-6-5-7-11-18)29-25(30-31)20-12-8-9-13-23(20)28/h5-17H,1-4H3. The van der Waals surface area contributed by atoms with Crippen LogP contribution in [0.15, 0.2) is 75.7 Å². The third-order valence-corrected chi connectivity index (χ3v) is 6.49. The van der Waals surface area contributed by atoms with Gasteiger partial charge >= 0.3 is 0 Å². The van der Waals surface area contributed by atoms with Crippen LogP contribution in [-0.4, -0.2) is 14.8 Å². The van der Waals surface area contributed by atoms with Gasteiger partial charge in [0.2, 0.25) is 0 Å². The van der Waals surface area contributed by atoms with Crippen LogP contribution < -0.4 is 0 Å². The van der Waals surface area contributed by atoms with Crippen molar-refractivity contribution in [2.75, 3.05) is 0 Å². The normalized spacial score (nSPS) is 11.5. The quantitative estimate of drug-likeness (QED) is 0.255. The number of nitrogens with zero attached hydrogens (tertiary/aromatic N) is 3. The van der Waals surface area contributed by atoms with Crippen LogP contribution in [0.2, 0.25) is 0 Å². The Bertz CT molecular complexity index is 1180. The van der Waals surface area contributed by atoms with E-state index in [2.05, 4.69) is 83.8 Å². The molecule has 4 aromatic rings. The highest BCUT2D eigenvalue weighted by molar-refractivity contribution is 9.10. The van der Waals surface area contributed by atoms with E-state index in [0.29, 0.717) is 17.7 Å².